The quantitative estimate of drug-likeness (QED) is 0.451. The topological polar surface area (TPSA) is 59.6 Å². The molecular weight excluding hydrogens is 401 g/mol. The molecule has 112 valence electrons. The number of hydrogen-bond donors (Lipinski definition) is 2. The zero-order chi connectivity index (χ0) is 14.4. The second-order valence-corrected chi connectivity index (χ2v) is 4.57. The number of anilines is 1. The standard InChI is InChI=1S/C15H16ClN3O.HI/c1-20-14-8-7-11(9-13(14)16)10-18-15(17)19-12-5-3-2-4-6-12;/h2-9H,10H2,1H3,(H3,17,18,19);1H. The first kappa shape index (κ1) is 17.6. The van der Waals surface area contributed by atoms with E-state index < -0.39 is 0 Å². The van der Waals surface area contributed by atoms with Gasteiger partial charge in [0.15, 0.2) is 5.96 Å². The Morgan fingerprint density at radius 1 is 1.24 bits per heavy atom. The summed E-state index contributed by atoms with van der Waals surface area (Å²) >= 11 is 6.05. The second kappa shape index (κ2) is 8.74. The van der Waals surface area contributed by atoms with Gasteiger partial charge in [-0.2, -0.15) is 0 Å². The van der Waals surface area contributed by atoms with Crippen LogP contribution in [0.2, 0.25) is 5.02 Å². The highest BCUT2D eigenvalue weighted by Crippen LogP contribution is 2.25. The maximum absolute atomic E-state index is 6.05. The largest absolute Gasteiger partial charge is 0.495 e. The summed E-state index contributed by atoms with van der Waals surface area (Å²) in [5, 5.41) is 3.58. The summed E-state index contributed by atoms with van der Waals surface area (Å²) in [7, 11) is 1.58. The van der Waals surface area contributed by atoms with E-state index in [4.69, 9.17) is 22.1 Å². The van der Waals surface area contributed by atoms with Crippen LogP contribution < -0.4 is 15.8 Å². The van der Waals surface area contributed by atoms with Crippen LogP contribution in [0.4, 0.5) is 5.69 Å². The molecule has 0 aromatic heterocycles. The molecule has 0 radical (unpaired) electrons. The predicted octanol–water partition coefficient (Wildman–Crippen LogP) is 3.89. The van der Waals surface area contributed by atoms with Gasteiger partial charge in [0.25, 0.3) is 0 Å². The van der Waals surface area contributed by atoms with Gasteiger partial charge in [-0.25, -0.2) is 4.99 Å². The Hall–Kier alpha value is -1.47. The molecule has 2 rings (SSSR count). The molecule has 2 aromatic carbocycles. The van der Waals surface area contributed by atoms with Crippen LogP contribution >= 0.6 is 35.6 Å². The summed E-state index contributed by atoms with van der Waals surface area (Å²) in [6.45, 7) is 0.454. The van der Waals surface area contributed by atoms with Crippen LogP contribution in [0.25, 0.3) is 0 Å². The first-order valence-corrected chi connectivity index (χ1v) is 6.51. The van der Waals surface area contributed by atoms with Gasteiger partial charge in [0.05, 0.1) is 18.7 Å². The molecule has 6 heteroatoms. The summed E-state index contributed by atoms with van der Waals surface area (Å²) < 4.78 is 5.10. The first-order valence-electron chi connectivity index (χ1n) is 6.13. The van der Waals surface area contributed by atoms with E-state index in [2.05, 4.69) is 10.3 Å². The number of rotatable bonds is 4. The van der Waals surface area contributed by atoms with Gasteiger partial charge < -0.3 is 15.8 Å². The van der Waals surface area contributed by atoms with E-state index in [1.807, 2.05) is 48.5 Å². The zero-order valence-corrected chi connectivity index (χ0v) is 14.6. The highest BCUT2D eigenvalue weighted by Gasteiger charge is 2.01. The number of para-hydroxylation sites is 1. The molecule has 3 N–H and O–H groups in total. The highest BCUT2D eigenvalue weighted by atomic mass is 127. The van der Waals surface area contributed by atoms with Crippen molar-refractivity contribution < 1.29 is 4.74 Å². The van der Waals surface area contributed by atoms with Crippen molar-refractivity contribution in [3.05, 3.63) is 59.1 Å². The molecule has 0 saturated heterocycles. The molecule has 0 unspecified atom stereocenters. The van der Waals surface area contributed by atoms with Crippen molar-refractivity contribution in [1.29, 1.82) is 0 Å². The number of nitrogens with two attached hydrogens (primary N) is 1. The lowest BCUT2D eigenvalue weighted by Crippen LogP contribution is -2.22. The number of halogens is 2. The van der Waals surface area contributed by atoms with Crippen molar-refractivity contribution in [3.63, 3.8) is 0 Å². The minimum absolute atomic E-state index is 0. The number of hydrogen-bond acceptors (Lipinski definition) is 2. The van der Waals surface area contributed by atoms with Gasteiger partial charge in [-0.05, 0) is 29.8 Å². The molecule has 4 nitrogen and oxygen atoms in total. The summed E-state index contributed by atoms with van der Waals surface area (Å²) in [4.78, 5) is 4.27. The van der Waals surface area contributed by atoms with Crippen molar-refractivity contribution >= 4 is 47.2 Å². The summed E-state index contributed by atoms with van der Waals surface area (Å²) in [5.74, 6) is 1.01. The van der Waals surface area contributed by atoms with Crippen molar-refractivity contribution in [2.24, 2.45) is 10.7 Å². The number of aliphatic imine (C=N–C) groups is 1. The van der Waals surface area contributed by atoms with Crippen LogP contribution in [-0.4, -0.2) is 13.1 Å². The maximum atomic E-state index is 6.05. The van der Waals surface area contributed by atoms with Crippen molar-refractivity contribution in [2.75, 3.05) is 12.4 Å². The predicted molar refractivity (Wildman–Crippen MR) is 98.8 cm³/mol. The Morgan fingerprint density at radius 2 is 1.95 bits per heavy atom. The lowest BCUT2D eigenvalue weighted by atomic mass is 10.2. The van der Waals surface area contributed by atoms with Gasteiger partial charge in [-0.3, -0.25) is 0 Å². The molecule has 0 saturated carbocycles. The van der Waals surface area contributed by atoms with Gasteiger partial charge in [0.1, 0.15) is 5.75 Å². The fraction of sp³-hybridized carbons (Fsp3) is 0.133. The molecule has 0 fully saturated rings. The lowest BCUT2D eigenvalue weighted by molar-refractivity contribution is 0.415. The van der Waals surface area contributed by atoms with Crippen LogP contribution in [-0.2, 0) is 6.54 Å². The zero-order valence-electron chi connectivity index (χ0n) is 11.5. The number of ether oxygens (including phenoxy) is 1. The van der Waals surface area contributed by atoms with E-state index in [0.717, 1.165) is 11.3 Å². The minimum atomic E-state index is 0. The molecule has 0 spiro atoms. The van der Waals surface area contributed by atoms with E-state index in [1.54, 1.807) is 7.11 Å². The normalized spacial score (nSPS) is 10.7. The average Bonchev–Trinajstić information content (AvgIpc) is 2.46. The molecule has 0 atom stereocenters. The highest BCUT2D eigenvalue weighted by molar-refractivity contribution is 14.0. The van der Waals surface area contributed by atoms with E-state index in [1.165, 1.54) is 0 Å². The SMILES string of the molecule is COc1ccc(CN=C(N)Nc2ccccc2)cc1Cl.I. The summed E-state index contributed by atoms with van der Waals surface area (Å²) in [5.41, 5.74) is 7.70. The molecular formula is C15H17ClIN3O. The Labute approximate surface area is 146 Å². The van der Waals surface area contributed by atoms with Gasteiger partial charge >= 0.3 is 0 Å². The molecule has 0 aliphatic rings. The van der Waals surface area contributed by atoms with Gasteiger partial charge in [0.2, 0.25) is 0 Å². The lowest BCUT2D eigenvalue weighted by Gasteiger charge is -2.06. The molecule has 0 aliphatic heterocycles. The third-order valence-electron chi connectivity index (χ3n) is 2.69. The van der Waals surface area contributed by atoms with Crippen molar-refractivity contribution in [2.45, 2.75) is 6.54 Å². The van der Waals surface area contributed by atoms with Crippen LogP contribution in [0.1, 0.15) is 5.56 Å². The monoisotopic (exact) mass is 417 g/mol. The molecule has 0 bridgehead atoms. The second-order valence-electron chi connectivity index (χ2n) is 4.16. The smallest absolute Gasteiger partial charge is 0.193 e. The third kappa shape index (κ3) is 5.43. The fourth-order valence-electron chi connectivity index (χ4n) is 1.69. The van der Waals surface area contributed by atoms with Crippen molar-refractivity contribution in [3.8, 4) is 5.75 Å². The van der Waals surface area contributed by atoms with E-state index in [-0.39, 0.29) is 24.0 Å². The number of guanidine groups is 1. The molecule has 2 aromatic rings. The fourth-order valence-corrected chi connectivity index (χ4v) is 1.97. The summed E-state index contributed by atoms with van der Waals surface area (Å²) in [6.07, 6.45) is 0. The molecule has 0 heterocycles. The Morgan fingerprint density at radius 3 is 2.57 bits per heavy atom. The Bertz CT molecular complexity index is 605. The van der Waals surface area contributed by atoms with E-state index in [9.17, 15) is 0 Å². The number of benzene rings is 2. The third-order valence-corrected chi connectivity index (χ3v) is 2.99. The molecule has 0 amide bonds. The Balaban J connectivity index is 0.00000220. The number of methoxy groups -OCH3 is 1. The van der Waals surface area contributed by atoms with Gasteiger partial charge in [-0.15, -0.1) is 24.0 Å². The number of nitrogens with one attached hydrogen (secondary N) is 1. The number of nitrogens with zero attached hydrogens (tertiary/aromatic N) is 1. The van der Waals surface area contributed by atoms with Crippen LogP contribution in [0.15, 0.2) is 53.5 Å². The van der Waals surface area contributed by atoms with Gasteiger partial charge in [0, 0.05) is 5.69 Å². The molecule has 0 aliphatic carbocycles. The van der Waals surface area contributed by atoms with Gasteiger partial charge in [-0.1, -0.05) is 35.9 Å². The average molecular weight is 418 g/mol. The minimum Gasteiger partial charge on any atom is -0.495 e. The van der Waals surface area contributed by atoms with Crippen LogP contribution in [0, 0.1) is 0 Å². The summed E-state index contributed by atoms with van der Waals surface area (Å²) in [6, 6.07) is 15.2. The van der Waals surface area contributed by atoms with Crippen LogP contribution in [0.3, 0.4) is 0 Å². The van der Waals surface area contributed by atoms with Crippen LogP contribution in [0.5, 0.6) is 5.75 Å². The maximum Gasteiger partial charge on any atom is 0.193 e. The van der Waals surface area contributed by atoms with E-state index >= 15 is 0 Å². The Kier molecular flexibility index (Phi) is 7.31. The first-order chi connectivity index (χ1) is 9.69. The van der Waals surface area contributed by atoms with E-state index in [0.29, 0.717) is 23.3 Å². The van der Waals surface area contributed by atoms with Crippen molar-refractivity contribution in [1.82, 2.24) is 0 Å². The molecule has 21 heavy (non-hydrogen) atoms.